The third-order valence-corrected chi connectivity index (χ3v) is 5.00. The Balaban J connectivity index is 1.71. The summed E-state index contributed by atoms with van der Waals surface area (Å²) < 4.78 is 13.7. The van der Waals surface area contributed by atoms with Gasteiger partial charge >= 0.3 is 0 Å². The summed E-state index contributed by atoms with van der Waals surface area (Å²) in [7, 11) is 0. The van der Waals surface area contributed by atoms with Gasteiger partial charge in [-0.2, -0.15) is 0 Å². The van der Waals surface area contributed by atoms with Gasteiger partial charge in [0.2, 0.25) is 0 Å². The van der Waals surface area contributed by atoms with Crippen LogP contribution in [-0.2, 0) is 5.41 Å². The fraction of sp³-hybridized carbons (Fsp3) is 0.235. The van der Waals surface area contributed by atoms with E-state index in [1.54, 1.807) is 30.3 Å². The Morgan fingerprint density at radius 3 is 2.55 bits per heavy atom. The molecule has 0 bridgehead atoms. The second-order valence-corrected chi connectivity index (χ2v) is 6.88. The van der Waals surface area contributed by atoms with E-state index in [1.807, 2.05) is 0 Å². The molecule has 1 fully saturated rings. The molecule has 5 heteroatoms. The van der Waals surface area contributed by atoms with Crippen molar-refractivity contribution in [2.45, 2.75) is 18.3 Å². The molecule has 3 rings (SSSR count). The second kappa shape index (κ2) is 6.01. The van der Waals surface area contributed by atoms with E-state index in [2.05, 4.69) is 21.2 Å². The molecule has 0 radical (unpaired) electrons. The average Bonchev–Trinajstić information content (AvgIpc) is 3.29. The van der Waals surface area contributed by atoms with Crippen molar-refractivity contribution in [2.24, 2.45) is 0 Å². The van der Waals surface area contributed by atoms with Gasteiger partial charge in [0.15, 0.2) is 0 Å². The molecule has 2 nitrogen and oxygen atoms in total. The van der Waals surface area contributed by atoms with Crippen LogP contribution < -0.4 is 5.32 Å². The van der Waals surface area contributed by atoms with Crippen LogP contribution >= 0.6 is 27.5 Å². The zero-order valence-corrected chi connectivity index (χ0v) is 14.0. The summed E-state index contributed by atoms with van der Waals surface area (Å²) in [6.45, 7) is 0.538. The topological polar surface area (TPSA) is 29.1 Å². The number of carbonyl (C=O) groups excluding carboxylic acids is 1. The smallest absolute Gasteiger partial charge is 0.252 e. The Hall–Kier alpha value is -1.39. The van der Waals surface area contributed by atoms with E-state index in [9.17, 15) is 9.18 Å². The van der Waals surface area contributed by atoms with Gasteiger partial charge in [0, 0.05) is 21.5 Å². The molecule has 2 aromatic carbocycles. The Morgan fingerprint density at radius 1 is 1.23 bits per heavy atom. The maximum Gasteiger partial charge on any atom is 0.252 e. The van der Waals surface area contributed by atoms with Crippen molar-refractivity contribution < 1.29 is 9.18 Å². The lowest BCUT2D eigenvalue weighted by atomic mass is 9.96. The number of benzene rings is 2. The summed E-state index contributed by atoms with van der Waals surface area (Å²) in [5.74, 6) is -0.408. The van der Waals surface area contributed by atoms with E-state index in [-0.39, 0.29) is 17.1 Å². The predicted octanol–water partition coefficient (Wildman–Crippen LogP) is 4.70. The lowest BCUT2D eigenvalue weighted by Crippen LogP contribution is -2.32. The van der Waals surface area contributed by atoms with Crippen molar-refractivity contribution in [3.63, 3.8) is 0 Å². The van der Waals surface area contributed by atoms with E-state index in [4.69, 9.17) is 11.6 Å². The molecule has 1 N–H and O–H groups in total. The number of hydrogen-bond acceptors (Lipinski definition) is 1. The van der Waals surface area contributed by atoms with E-state index in [0.717, 1.165) is 18.4 Å². The van der Waals surface area contributed by atoms with Gasteiger partial charge in [-0.05, 0) is 64.7 Å². The van der Waals surface area contributed by atoms with Crippen molar-refractivity contribution >= 4 is 33.4 Å². The lowest BCUT2D eigenvalue weighted by molar-refractivity contribution is 0.0949. The van der Waals surface area contributed by atoms with Gasteiger partial charge < -0.3 is 5.32 Å². The fourth-order valence-corrected chi connectivity index (χ4v) is 3.14. The van der Waals surface area contributed by atoms with Crippen LogP contribution in [0.3, 0.4) is 0 Å². The largest absolute Gasteiger partial charge is 0.351 e. The molecule has 0 spiro atoms. The van der Waals surface area contributed by atoms with Crippen LogP contribution in [0.5, 0.6) is 0 Å². The van der Waals surface area contributed by atoms with E-state index >= 15 is 0 Å². The van der Waals surface area contributed by atoms with Crippen molar-refractivity contribution in [3.8, 4) is 0 Å². The summed E-state index contributed by atoms with van der Waals surface area (Å²) >= 11 is 9.30. The minimum absolute atomic E-state index is 0.0611. The second-order valence-electron chi connectivity index (χ2n) is 5.59. The number of rotatable bonds is 4. The highest BCUT2D eigenvalue weighted by molar-refractivity contribution is 9.10. The molecule has 1 aliphatic carbocycles. The van der Waals surface area contributed by atoms with E-state index in [1.165, 1.54) is 12.1 Å². The third-order valence-electron chi connectivity index (χ3n) is 4.07. The standard InChI is InChI=1S/C17H14BrClFNO/c18-15-6-3-12(19)9-14(15)16(22)21-10-17(7-8-17)11-1-4-13(20)5-2-11/h1-6,9H,7-8,10H2,(H,21,22). The Labute approximate surface area is 141 Å². The van der Waals surface area contributed by atoms with Gasteiger partial charge in [0.05, 0.1) is 5.56 Å². The van der Waals surface area contributed by atoms with Crippen LogP contribution in [0.2, 0.25) is 5.02 Å². The molecular formula is C17H14BrClFNO. The van der Waals surface area contributed by atoms with Gasteiger partial charge in [-0.25, -0.2) is 4.39 Å². The van der Waals surface area contributed by atoms with Gasteiger partial charge in [0.1, 0.15) is 5.82 Å². The molecular weight excluding hydrogens is 369 g/mol. The highest BCUT2D eigenvalue weighted by Gasteiger charge is 2.44. The Kier molecular flexibility index (Phi) is 4.24. The van der Waals surface area contributed by atoms with Gasteiger partial charge in [0.25, 0.3) is 5.91 Å². The van der Waals surface area contributed by atoms with Crippen LogP contribution in [0.25, 0.3) is 0 Å². The first-order valence-corrected chi connectivity index (χ1v) is 8.17. The zero-order chi connectivity index (χ0) is 15.7. The van der Waals surface area contributed by atoms with Crippen molar-refractivity contribution in [1.29, 1.82) is 0 Å². The molecule has 2 aromatic rings. The molecule has 0 unspecified atom stereocenters. The SMILES string of the molecule is O=C(NCC1(c2ccc(F)cc2)CC1)c1cc(Cl)ccc1Br. The van der Waals surface area contributed by atoms with Crippen LogP contribution in [0.15, 0.2) is 46.9 Å². The lowest BCUT2D eigenvalue weighted by Gasteiger charge is -2.17. The first-order valence-electron chi connectivity index (χ1n) is 6.99. The molecule has 1 amide bonds. The minimum Gasteiger partial charge on any atom is -0.351 e. The molecule has 0 heterocycles. The molecule has 0 atom stereocenters. The van der Waals surface area contributed by atoms with Gasteiger partial charge in [-0.1, -0.05) is 23.7 Å². The van der Waals surface area contributed by atoms with Crippen LogP contribution in [0.1, 0.15) is 28.8 Å². The van der Waals surface area contributed by atoms with E-state index in [0.29, 0.717) is 21.6 Å². The minimum atomic E-state index is -0.244. The average molecular weight is 383 g/mol. The quantitative estimate of drug-likeness (QED) is 0.815. The van der Waals surface area contributed by atoms with Crippen LogP contribution in [0, 0.1) is 5.82 Å². The normalized spacial score (nSPS) is 15.4. The summed E-state index contributed by atoms with van der Waals surface area (Å²) in [5, 5.41) is 3.48. The predicted molar refractivity (Wildman–Crippen MR) is 88.8 cm³/mol. The summed E-state index contributed by atoms with van der Waals surface area (Å²) in [6, 6.07) is 11.6. The van der Waals surface area contributed by atoms with Crippen molar-refractivity contribution in [2.75, 3.05) is 6.54 Å². The summed E-state index contributed by atoms with van der Waals surface area (Å²) in [6.07, 6.45) is 1.99. The molecule has 22 heavy (non-hydrogen) atoms. The first kappa shape index (κ1) is 15.5. The van der Waals surface area contributed by atoms with Gasteiger partial charge in [-0.15, -0.1) is 0 Å². The fourth-order valence-electron chi connectivity index (χ4n) is 2.54. The molecule has 1 aliphatic rings. The number of hydrogen-bond donors (Lipinski definition) is 1. The third kappa shape index (κ3) is 3.18. The van der Waals surface area contributed by atoms with Crippen LogP contribution in [0.4, 0.5) is 4.39 Å². The first-order chi connectivity index (χ1) is 10.5. The maximum atomic E-state index is 13.0. The van der Waals surface area contributed by atoms with Crippen molar-refractivity contribution in [3.05, 3.63) is 68.9 Å². The summed E-state index contributed by atoms with van der Waals surface area (Å²) in [4.78, 5) is 12.3. The monoisotopic (exact) mass is 381 g/mol. The van der Waals surface area contributed by atoms with Crippen molar-refractivity contribution in [1.82, 2.24) is 5.32 Å². The number of nitrogens with one attached hydrogen (secondary N) is 1. The number of halogens is 3. The number of carbonyl (C=O) groups is 1. The molecule has 0 aliphatic heterocycles. The Morgan fingerprint density at radius 2 is 1.91 bits per heavy atom. The van der Waals surface area contributed by atoms with Gasteiger partial charge in [-0.3, -0.25) is 4.79 Å². The summed E-state index contributed by atoms with van der Waals surface area (Å²) in [5.41, 5.74) is 1.52. The molecule has 1 saturated carbocycles. The maximum absolute atomic E-state index is 13.0. The molecule has 0 saturated heterocycles. The number of amides is 1. The highest BCUT2D eigenvalue weighted by atomic mass is 79.9. The molecule has 0 aromatic heterocycles. The Bertz CT molecular complexity index is 713. The highest BCUT2D eigenvalue weighted by Crippen LogP contribution is 2.47. The van der Waals surface area contributed by atoms with Crippen LogP contribution in [-0.4, -0.2) is 12.5 Å². The van der Waals surface area contributed by atoms with E-state index < -0.39 is 0 Å². The zero-order valence-electron chi connectivity index (χ0n) is 11.7. The molecule has 114 valence electrons.